The highest BCUT2D eigenvalue weighted by Crippen LogP contribution is 2.26. The summed E-state index contributed by atoms with van der Waals surface area (Å²) in [4.78, 5) is 0. The summed E-state index contributed by atoms with van der Waals surface area (Å²) in [7, 11) is 0. The maximum Gasteiger partial charge on any atom is 0.137 e. The number of ether oxygens (including phenoxy) is 1. The second kappa shape index (κ2) is 3.45. The number of benzene rings is 1. The summed E-state index contributed by atoms with van der Waals surface area (Å²) in [6.07, 6.45) is 0. The lowest BCUT2D eigenvalue weighted by Gasteiger charge is -2.08. The van der Waals surface area contributed by atoms with E-state index in [1.54, 1.807) is 12.1 Å². The minimum Gasteiger partial charge on any atom is -0.508 e. The van der Waals surface area contributed by atoms with Crippen molar-refractivity contribution in [2.75, 3.05) is 6.73 Å². The smallest absolute Gasteiger partial charge is 0.137 e. The number of aromatic hydroxyl groups is 1. The van der Waals surface area contributed by atoms with Crippen LogP contribution in [-0.2, 0) is 0 Å². The zero-order chi connectivity index (χ0) is 9.14. The Labute approximate surface area is 71.8 Å². The van der Waals surface area contributed by atoms with E-state index in [2.05, 4.69) is 0 Å². The Bertz CT molecular complexity index is 284. The van der Waals surface area contributed by atoms with Gasteiger partial charge < -0.3 is 9.84 Å². The van der Waals surface area contributed by atoms with Gasteiger partial charge in [-0.1, -0.05) is 0 Å². The number of phenolic OH excluding ortho intramolecular Hbond substituents is 1. The maximum atomic E-state index is 9.31. The first-order chi connectivity index (χ1) is 5.65. The van der Waals surface area contributed by atoms with Crippen molar-refractivity contribution in [3.8, 4) is 11.5 Å². The highest BCUT2D eigenvalue weighted by molar-refractivity contribution is 5.44. The van der Waals surface area contributed by atoms with Crippen LogP contribution >= 0.6 is 0 Å². The van der Waals surface area contributed by atoms with Gasteiger partial charge in [-0.25, -0.2) is 0 Å². The molecule has 3 heteroatoms. The first kappa shape index (κ1) is 8.87. The van der Waals surface area contributed by atoms with E-state index < -0.39 is 0 Å². The van der Waals surface area contributed by atoms with E-state index in [9.17, 15) is 5.11 Å². The van der Waals surface area contributed by atoms with Gasteiger partial charge in [0, 0.05) is 0 Å². The van der Waals surface area contributed by atoms with Crippen molar-refractivity contribution in [2.45, 2.75) is 13.8 Å². The molecular weight excluding hydrogens is 154 g/mol. The largest absolute Gasteiger partial charge is 0.508 e. The standard InChI is InChI=1S/C9H13NO2/c1-6-4-9(12-5-10)7(2)3-8(6)11/h3-4,11H,5,10H2,1-2H3. The van der Waals surface area contributed by atoms with Crippen LogP contribution in [0, 0.1) is 13.8 Å². The van der Waals surface area contributed by atoms with Crippen molar-refractivity contribution in [1.82, 2.24) is 0 Å². The topological polar surface area (TPSA) is 55.5 Å². The fourth-order valence-corrected chi connectivity index (χ4v) is 1.02. The van der Waals surface area contributed by atoms with Crippen molar-refractivity contribution in [2.24, 2.45) is 5.73 Å². The van der Waals surface area contributed by atoms with Gasteiger partial charge in [0.05, 0.1) is 0 Å². The molecule has 3 nitrogen and oxygen atoms in total. The first-order valence-corrected chi connectivity index (χ1v) is 3.78. The van der Waals surface area contributed by atoms with Crippen LogP contribution in [0.1, 0.15) is 11.1 Å². The lowest BCUT2D eigenvalue weighted by atomic mass is 10.1. The van der Waals surface area contributed by atoms with E-state index in [1.165, 1.54) is 0 Å². The SMILES string of the molecule is Cc1cc(OCN)c(C)cc1O. The van der Waals surface area contributed by atoms with Crippen LogP contribution in [-0.4, -0.2) is 11.8 Å². The first-order valence-electron chi connectivity index (χ1n) is 3.78. The normalized spacial score (nSPS) is 9.92. The highest BCUT2D eigenvalue weighted by atomic mass is 16.5. The molecule has 0 bridgehead atoms. The van der Waals surface area contributed by atoms with E-state index >= 15 is 0 Å². The third-order valence-electron chi connectivity index (χ3n) is 1.73. The molecule has 0 aromatic heterocycles. The summed E-state index contributed by atoms with van der Waals surface area (Å²) < 4.78 is 5.14. The summed E-state index contributed by atoms with van der Waals surface area (Å²) in [5.41, 5.74) is 6.92. The van der Waals surface area contributed by atoms with E-state index in [1.807, 2.05) is 13.8 Å². The number of nitrogens with two attached hydrogens (primary N) is 1. The second-order valence-corrected chi connectivity index (χ2v) is 2.72. The predicted molar refractivity (Wildman–Crippen MR) is 47.3 cm³/mol. The summed E-state index contributed by atoms with van der Waals surface area (Å²) in [6.45, 7) is 3.84. The quantitative estimate of drug-likeness (QED) is 0.653. The lowest BCUT2D eigenvalue weighted by Crippen LogP contribution is -2.08. The van der Waals surface area contributed by atoms with Crippen molar-refractivity contribution in [3.63, 3.8) is 0 Å². The molecule has 0 saturated carbocycles. The van der Waals surface area contributed by atoms with Crippen LogP contribution in [0.2, 0.25) is 0 Å². The molecule has 0 aliphatic heterocycles. The molecule has 1 aromatic rings. The fourth-order valence-electron chi connectivity index (χ4n) is 1.02. The van der Waals surface area contributed by atoms with E-state index in [0.29, 0.717) is 0 Å². The van der Waals surface area contributed by atoms with Crippen LogP contribution in [0.5, 0.6) is 11.5 Å². The fraction of sp³-hybridized carbons (Fsp3) is 0.333. The van der Waals surface area contributed by atoms with Crippen molar-refractivity contribution >= 4 is 0 Å². The molecule has 0 atom stereocenters. The van der Waals surface area contributed by atoms with Crippen LogP contribution < -0.4 is 10.5 Å². The number of hydrogen-bond donors (Lipinski definition) is 2. The molecule has 3 N–H and O–H groups in total. The van der Waals surface area contributed by atoms with Crippen molar-refractivity contribution in [1.29, 1.82) is 0 Å². The number of phenols is 1. The Kier molecular flexibility index (Phi) is 2.55. The van der Waals surface area contributed by atoms with Crippen LogP contribution in [0.25, 0.3) is 0 Å². The second-order valence-electron chi connectivity index (χ2n) is 2.72. The van der Waals surface area contributed by atoms with Gasteiger partial charge in [0.1, 0.15) is 18.2 Å². The molecule has 0 amide bonds. The van der Waals surface area contributed by atoms with Gasteiger partial charge in [0.15, 0.2) is 0 Å². The molecule has 0 fully saturated rings. The van der Waals surface area contributed by atoms with Gasteiger partial charge >= 0.3 is 0 Å². The number of rotatable bonds is 2. The summed E-state index contributed by atoms with van der Waals surface area (Å²) in [5, 5.41) is 9.31. The number of hydrogen-bond acceptors (Lipinski definition) is 3. The molecule has 0 saturated heterocycles. The Balaban J connectivity index is 3.05. The molecule has 1 aromatic carbocycles. The zero-order valence-corrected chi connectivity index (χ0v) is 7.29. The Hall–Kier alpha value is -1.22. The molecule has 0 aliphatic rings. The Morgan fingerprint density at radius 1 is 1.33 bits per heavy atom. The molecule has 0 heterocycles. The zero-order valence-electron chi connectivity index (χ0n) is 7.29. The van der Waals surface area contributed by atoms with E-state index in [0.717, 1.165) is 16.9 Å². The molecular formula is C9H13NO2. The van der Waals surface area contributed by atoms with Gasteiger partial charge in [-0.15, -0.1) is 0 Å². The van der Waals surface area contributed by atoms with Gasteiger partial charge in [-0.3, -0.25) is 5.73 Å². The summed E-state index contributed by atoms with van der Waals surface area (Å²) in [6, 6.07) is 3.44. The molecule has 0 spiro atoms. The molecule has 0 aliphatic carbocycles. The summed E-state index contributed by atoms with van der Waals surface area (Å²) in [5.74, 6) is 1.02. The third kappa shape index (κ3) is 1.68. The molecule has 66 valence electrons. The minimum absolute atomic E-state index is 0.158. The lowest BCUT2D eigenvalue weighted by molar-refractivity contribution is 0.326. The van der Waals surface area contributed by atoms with Crippen molar-refractivity contribution in [3.05, 3.63) is 23.3 Å². The molecule has 12 heavy (non-hydrogen) atoms. The van der Waals surface area contributed by atoms with E-state index in [-0.39, 0.29) is 12.5 Å². The Morgan fingerprint density at radius 3 is 2.58 bits per heavy atom. The minimum atomic E-state index is 0.158. The molecule has 0 unspecified atom stereocenters. The van der Waals surface area contributed by atoms with Crippen LogP contribution in [0.4, 0.5) is 0 Å². The molecule has 0 radical (unpaired) electrons. The van der Waals surface area contributed by atoms with Gasteiger partial charge in [-0.2, -0.15) is 0 Å². The van der Waals surface area contributed by atoms with Gasteiger partial charge in [0.25, 0.3) is 0 Å². The number of aryl methyl sites for hydroxylation is 2. The van der Waals surface area contributed by atoms with Gasteiger partial charge in [0.2, 0.25) is 0 Å². The highest BCUT2D eigenvalue weighted by Gasteiger charge is 2.02. The maximum absolute atomic E-state index is 9.31. The molecule has 1 rings (SSSR count). The average molecular weight is 167 g/mol. The van der Waals surface area contributed by atoms with Crippen molar-refractivity contribution < 1.29 is 9.84 Å². The third-order valence-corrected chi connectivity index (χ3v) is 1.73. The van der Waals surface area contributed by atoms with Crippen LogP contribution in [0.15, 0.2) is 12.1 Å². The summed E-state index contributed by atoms with van der Waals surface area (Å²) >= 11 is 0. The Morgan fingerprint density at radius 2 is 2.00 bits per heavy atom. The van der Waals surface area contributed by atoms with Crippen LogP contribution in [0.3, 0.4) is 0 Å². The monoisotopic (exact) mass is 167 g/mol. The average Bonchev–Trinajstić information content (AvgIpc) is 2.01. The van der Waals surface area contributed by atoms with Gasteiger partial charge in [-0.05, 0) is 37.1 Å². The predicted octanol–water partition coefficient (Wildman–Crippen LogP) is 1.30. The van der Waals surface area contributed by atoms with E-state index in [4.69, 9.17) is 10.5 Å².